The van der Waals surface area contributed by atoms with Gasteiger partial charge in [0.05, 0.1) is 28.5 Å². The van der Waals surface area contributed by atoms with Gasteiger partial charge >= 0.3 is 5.97 Å². The van der Waals surface area contributed by atoms with Gasteiger partial charge < -0.3 is 9.30 Å². The summed E-state index contributed by atoms with van der Waals surface area (Å²) in [6.07, 6.45) is 3.81. The van der Waals surface area contributed by atoms with E-state index < -0.39 is 12.0 Å². The van der Waals surface area contributed by atoms with Crippen LogP contribution in [-0.2, 0) is 16.1 Å². The van der Waals surface area contributed by atoms with Gasteiger partial charge in [0.25, 0.3) is 5.56 Å². The Morgan fingerprint density at radius 1 is 1.07 bits per heavy atom. The van der Waals surface area contributed by atoms with Crippen LogP contribution in [0.15, 0.2) is 107 Å². The molecule has 0 bridgehead atoms. The van der Waals surface area contributed by atoms with Gasteiger partial charge in [0, 0.05) is 39.3 Å². The van der Waals surface area contributed by atoms with Crippen LogP contribution in [0.2, 0.25) is 5.02 Å². The van der Waals surface area contributed by atoms with E-state index in [2.05, 4.69) is 30.2 Å². The first kappa shape index (κ1) is 27.7. The molecule has 8 heteroatoms. The van der Waals surface area contributed by atoms with E-state index in [1.54, 1.807) is 23.6 Å². The van der Waals surface area contributed by atoms with Gasteiger partial charge in [-0.05, 0) is 43.7 Å². The molecule has 0 saturated heterocycles. The Bertz CT molecular complexity index is 2050. The number of rotatable bonds is 7. The van der Waals surface area contributed by atoms with Crippen molar-refractivity contribution in [2.45, 2.75) is 26.4 Å². The lowest BCUT2D eigenvalue weighted by Crippen LogP contribution is -2.40. The Morgan fingerprint density at radius 3 is 2.50 bits per heavy atom. The molecule has 0 amide bonds. The van der Waals surface area contributed by atoms with Gasteiger partial charge in [0.2, 0.25) is 0 Å². The third-order valence-electron chi connectivity index (χ3n) is 7.43. The zero-order valence-corrected chi connectivity index (χ0v) is 24.8. The normalized spacial score (nSPS) is 15.0. The van der Waals surface area contributed by atoms with E-state index in [4.69, 9.17) is 21.3 Å². The van der Waals surface area contributed by atoms with Crippen molar-refractivity contribution in [3.05, 3.63) is 144 Å². The predicted molar refractivity (Wildman–Crippen MR) is 169 cm³/mol. The first-order valence-corrected chi connectivity index (χ1v) is 14.8. The minimum atomic E-state index is -0.752. The third kappa shape index (κ3) is 4.74. The summed E-state index contributed by atoms with van der Waals surface area (Å²) >= 11 is 7.55. The minimum Gasteiger partial charge on any atom is -0.463 e. The van der Waals surface area contributed by atoms with E-state index in [-0.39, 0.29) is 12.2 Å². The van der Waals surface area contributed by atoms with E-state index in [0.29, 0.717) is 32.2 Å². The molecular weight excluding hydrogens is 566 g/mol. The van der Waals surface area contributed by atoms with Crippen molar-refractivity contribution in [3.63, 3.8) is 0 Å². The average Bonchev–Trinajstić information content (AvgIpc) is 3.46. The molecule has 5 aromatic rings. The number of halogens is 1. The SMILES string of the molecule is C=CCn1c(C)c(/C=c2\sc3n(c2=O)[C@H](c2ccc(Cl)cc2)C(C(=O)OCC)=C(c2ccccc2)N=3)c2ccccc21. The Labute approximate surface area is 251 Å². The fraction of sp³-hybridized carbons (Fsp3) is 0.147. The average molecular weight is 594 g/mol. The van der Waals surface area contributed by atoms with Gasteiger partial charge in [-0.2, -0.15) is 0 Å². The number of thiazole rings is 1. The minimum absolute atomic E-state index is 0.191. The monoisotopic (exact) mass is 593 g/mol. The maximum Gasteiger partial charge on any atom is 0.338 e. The molecule has 0 N–H and O–H groups in total. The number of nitrogens with zero attached hydrogens (tertiary/aromatic N) is 3. The Hall–Kier alpha value is -4.46. The predicted octanol–water partition coefficient (Wildman–Crippen LogP) is 6.04. The molecule has 0 aliphatic carbocycles. The highest BCUT2D eigenvalue weighted by Gasteiger charge is 2.35. The lowest BCUT2D eigenvalue weighted by Gasteiger charge is -2.25. The van der Waals surface area contributed by atoms with Gasteiger partial charge in [-0.1, -0.05) is 89.7 Å². The standard InChI is InChI=1S/C34H28ClN3O3S/c1-4-19-37-21(3)26(25-13-9-10-14-27(25)37)20-28-32(39)38-31(23-15-17-24(35)18-16-23)29(33(40)41-5-2)30(36-34(38)42-28)22-11-7-6-8-12-22/h4,6-18,20,31H,1,5,19H2,2-3H3/b28-20-/t31-/m1/s1. The van der Waals surface area contributed by atoms with Gasteiger partial charge in [-0.3, -0.25) is 9.36 Å². The molecule has 1 atom stereocenters. The molecule has 3 heterocycles. The van der Waals surface area contributed by atoms with Crippen molar-refractivity contribution in [1.82, 2.24) is 9.13 Å². The molecule has 42 heavy (non-hydrogen) atoms. The summed E-state index contributed by atoms with van der Waals surface area (Å²) < 4.78 is 9.86. The van der Waals surface area contributed by atoms with Crippen molar-refractivity contribution >= 4 is 51.6 Å². The summed E-state index contributed by atoms with van der Waals surface area (Å²) in [5, 5.41) is 1.61. The number of ether oxygens (including phenoxy) is 1. The molecule has 1 aliphatic heterocycles. The fourth-order valence-electron chi connectivity index (χ4n) is 5.54. The number of para-hydroxylation sites is 1. The van der Waals surface area contributed by atoms with Crippen LogP contribution in [0, 0.1) is 6.92 Å². The highest BCUT2D eigenvalue weighted by atomic mass is 35.5. The van der Waals surface area contributed by atoms with Gasteiger partial charge in [-0.25, -0.2) is 9.79 Å². The summed E-state index contributed by atoms with van der Waals surface area (Å²) in [5.41, 5.74) is 5.14. The zero-order valence-electron chi connectivity index (χ0n) is 23.2. The first-order valence-electron chi connectivity index (χ1n) is 13.7. The molecule has 6 nitrogen and oxygen atoms in total. The molecule has 0 radical (unpaired) electrons. The maximum absolute atomic E-state index is 14.3. The van der Waals surface area contributed by atoms with Crippen LogP contribution >= 0.6 is 22.9 Å². The summed E-state index contributed by atoms with van der Waals surface area (Å²) in [7, 11) is 0. The lowest BCUT2D eigenvalue weighted by atomic mass is 9.93. The highest BCUT2D eigenvalue weighted by Crippen LogP contribution is 2.35. The van der Waals surface area contributed by atoms with Crippen molar-refractivity contribution in [3.8, 4) is 0 Å². The number of esters is 1. The van der Waals surface area contributed by atoms with Crippen molar-refractivity contribution in [1.29, 1.82) is 0 Å². The second-order valence-corrected chi connectivity index (χ2v) is 11.3. The number of fused-ring (bicyclic) bond motifs is 2. The van der Waals surface area contributed by atoms with Gasteiger partial charge in [0.1, 0.15) is 0 Å². The summed E-state index contributed by atoms with van der Waals surface area (Å²) in [6.45, 7) is 8.58. The van der Waals surface area contributed by atoms with Crippen LogP contribution in [0.5, 0.6) is 0 Å². The van der Waals surface area contributed by atoms with Crippen LogP contribution in [0.3, 0.4) is 0 Å². The number of aromatic nitrogens is 2. The largest absolute Gasteiger partial charge is 0.463 e. The number of hydrogen-bond donors (Lipinski definition) is 0. The molecule has 0 fully saturated rings. The molecule has 6 rings (SSSR count). The molecule has 1 aliphatic rings. The first-order chi connectivity index (χ1) is 20.4. The van der Waals surface area contributed by atoms with Crippen LogP contribution in [0.1, 0.15) is 35.3 Å². The number of carbonyl (C=O) groups excluding carboxylic acids is 1. The van der Waals surface area contributed by atoms with E-state index in [1.165, 1.54) is 11.3 Å². The topological polar surface area (TPSA) is 65.6 Å². The second kappa shape index (κ2) is 11.4. The maximum atomic E-state index is 14.3. The number of benzene rings is 3. The summed E-state index contributed by atoms with van der Waals surface area (Å²) in [4.78, 5) is 33.3. The van der Waals surface area contributed by atoms with Crippen LogP contribution in [-0.4, -0.2) is 21.7 Å². The molecule has 2 aromatic heterocycles. The fourth-order valence-corrected chi connectivity index (χ4v) is 6.64. The van der Waals surface area contributed by atoms with Crippen molar-refractivity contribution < 1.29 is 9.53 Å². The molecule has 3 aromatic carbocycles. The summed E-state index contributed by atoms with van der Waals surface area (Å²) in [6, 6.07) is 24.1. The van der Waals surface area contributed by atoms with Crippen LogP contribution < -0.4 is 14.9 Å². The Kier molecular flexibility index (Phi) is 7.54. The third-order valence-corrected chi connectivity index (χ3v) is 8.66. The zero-order chi connectivity index (χ0) is 29.4. The number of carbonyl (C=O) groups is 1. The summed E-state index contributed by atoms with van der Waals surface area (Å²) in [5.74, 6) is -0.516. The Balaban J connectivity index is 1.66. The second-order valence-electron chi connectivity index (χ2n) is 9.90. The highest BCUT2D eigenvalue weighted by molar-refractivity contribution is 7.07. The molecule has 0 saturated carbocycles. The van der Waals surface area contributed by atoms with Crippen LogP contribution in [0.25, 0.3) is 22.7 Å². The number of hydrogen-bond acceptors (Lipinski definition) is 5. The van der Waals surface area contributed by atoms with E-state index in [9.17, 15) is 9.59 Å². The van der Waals surface area contributed by atoms with Crippen molar-refractivity contribution in [2.24, 2.45) is 4.99 Å². The van der Waals surface area contributed by atoms with Gasteiger partial charge in [-0.15, -0.1) is 6.58 Å². The van der Waals surface area contributed by atoms with Crippen molar-refractivity contribution in [2.75, 3.05) is 6.61 Å². The molecule has 0 spiro atoms. The van der Waals surface area contributed by atoms with Gasteiger partial charge in [0.15, 0.2) is 4.80 Å². The van der Waals surface area contributed by atoms with E-state index in [1.807, 2.05) is 66.7 Å². The number of allylic oxidation sites excluding steroid dienone is 1. The quantitative estimate of drug-likeness (QED) is 0.171. The van der Waals surface area contributed by atoms with E-state index in [0.717, 1.165) is 33.3 Å². The molecule has 210 valence electrons. The van der Waals surface area contributed by atoms with E-state index >= 15 is 0 Å². The lowest BCUT2D eigenvalue weighted by molar-refractivity contribution is -0.138. The van der Waals surface area contributed by atoms with Crippen LogP contribution in [0.4, 0.5) is 0 Å². The molecule has 0 unspecified atom stereocenters. The Morgan fingerprint density at radius 2 is 1.79 bits per heavy atom. The molecular formula is C34H28ClN3O3S. The smallest absolute Gasteiger partial charge is 0.338 e.